The van der Waals surface area contributed by atoms with Gasteiger partial charge in [0.05, 0.1) is 5.92 Å². The van der Waals surface area contributed by atoms with Gasteiger partial charge < -0.3 is 14.8 Å². The first-order chi connectivity index (χ1) is 6.09. The minimum Gasteiger partial charge on any atom is -0.463 e. The van der Waals surface area contributed by atoms with Gasteiger partial charge in [-0.1, -0.05) is 13.8 Å². The smallest absolute Gasteiger partial charge is 0.407 e. The van der Waals surface area contributed by atoms with E-state index in [-0.39, 0.29) is 32.6 Å². The van der Waals surface area contributed by atoms with Gasteiger partial charge in [0.1, 0.15) is 19.3 Å². The van der Waals surface area contributed by atoms with E-state index in [4.69, 9.17) is 4.74 Å². The predicted molar refractivity (Wildman–Crippen MR) is 46.2 cm³/mol. The molecule has 1 aliphatic heterocycles. The van der Waals surface area contributed by atoms with Crippen molar-refractivity contribution < 1.29 is 20.5 Å². The molecule has 0 aromatic rings. The van der Waals surface area contributed by atoms with Crippen LogP contribution >= 0.6 is 0 Å². The molecule has 0 saturated carbocycles. The molecule has 1 atom stereocenters. The highest BCUT2D eigenvalue weighted by Gasteiger charge is 2.23. The molecule has 1 N–H and O–H groups in total. The first-order valence-corrected chi connectivity index (χ1v) is 4.19. The van der Waals surface area contributed by atoms with E-state index in [1.54, 1.807) is 13.8 Å². The lowest BCUT2D eigenvalue weighted by atomic mass is 10.2. The minimum absolute atomic E-state index is 0. The van der Waals surface area contributed by atoms with Gasteiger partial charge in [-0.2, -0.15) is 0 Å². The molecule has 1 rings (SSSR count). The van der Waals surface area contributed by atoms with Crippen molar-refractivity contribution in [2.24, 2.45) is 5.92 Å². The molecule has 0 bridgehead atoms. The average molecular weight is 189 g/mol. The fourth-order valence-corrected chi connectivity index (χ4v) is 0.865. The van der Waals surface area contributed by atoms with Crippen LogP contribution in [-0.2, 0) is 14.3 Å². The summed E-state index contributed by atoms with van der Waals surface area (Å²) >= 11 is 0. The molecule has 76 valence electrons. The molecule has 1 saturated heterocycles. The molecular weight excluding hydrogens is 174 g/mol. The number of amides is 1. The molecule has 0 spiro atoms. The molecule has 0 radical (unpaired) electrons. The van der Waals surface area contributed by atoms with Crippen molar-refractivity contribution in [3.63, 3.8) is 0 Å². The molecule has 1 amide bonds. The lowest BCUT2D eigenvalue weighted by molar-refractivity contribution is -0.147. The van der Waals surface area contributed by atoms with Crippen LogP contribution in [0, 0.1) is 5.92 Å². The van der Waals surface area contributed by atoms with Crippen LogP contribution in [0.5, 0.6) is 0 Å². The van der Waals surface area contributed by atoms with Gasteiger partial charge >= 0.3 is 12.1 Å². The topological polar surface area (TPSA) is 64.6 Å². The van der Waals surface area contributed by atoms with E-state index < -0.39 is 6.09 Å². The fourth-order valence-electron chi connectivity index (χ4n) is 0.865. The van der Waals surface area contributed by atoms with Crippen molar-refractivity contribution in [3.05, 3.63) is 0 Å². The number of nitrogens with one attached hydrogen (secondary N) is 1. The second-order valence-electron chi connectivity index (χ2n) is 3.22. The van der Waals surface area contributed by atoms with Crippen LogP contribution in [0.15, 0.2) is 0 Å². The standard InChI is InChI=1S/C8H13NO4.H2/c1-5(2)7(10)12-3-6-4-13-8(11)9-6;/h5-6H,3-4H2,1-2H3,(H,9,11);1H. The minimum atomic E-state index is -0.453. The van der Waals surface area contributed by atoms with E-state index in [0.29, 0.717) is 0 Å². The number of hydrogen-bond donors (Lipinski definition) is 1. The summed E-state index contributed by atoms with van der Waals surface area (Å²) < 4.78 is 9.52. The Morgan fingerprint density at radius 2 is 2.54 bits per heavy atom. The molecule has 1 heterocycles. The third-order valence-corrected chi connectivity index (χ3v) is 1.64. The number of cyclic esters (lactones) is 1. The van der Waals surface area contributed by atoms with Gasteiger partial charge in [0, 0.05) is 1.43 Å². The number of ether oxygens (including phenoxy) is 2. The molecule has 5 nitrogen and oxygen atoms in total. The molecule has 5 heteroatoms. The third kappa shape index (κ3) is 2.93. The van der Waals surface area contributed by atoms with Crippen LogP contribution in [0.2, 0.25) is 0 Å². The number of alkyl carbamates (subject to hydrolysis) is 1. The summed E-state index contributed by atoms with van der Waals surface area (Å²) in [6.07, 6.45) is -0.453. The van der Waals surface area contributed by atoms with Crippen LogP contribution in [0.1, 0.15) is 15.3 Å². The fraction of sp³-hybridized carbons (Fsp3) is 0.750. The van der Waals surface area contributed by atoms with Gasteiger partial charge in [0.2, 0.25) is 0 Å². The van der Waals surface area contributed by atoms with Gasteiger partial charge in [-0.05, 0) is 0 Å². The molecular formula is C8H15NO4. The van der Waals surface area contributed by atoms with Crippen LogP contribution in [0.4, 0.5) is 4.79 Å². The van der Waals surface area contributed by atoms with E-state index in [0.717, 1.165) is 0 Å². The van der Waals surface area contributed by atoms with Crippen molar-refractivity contribution in [1.82, 2.24) is 5.32 Å². The summed E-state index contributed by atoms with van der Waals surface area (Å²) in [4.78, 5) is 21.6. The maximum Gasteiger partial charge on any atom is 0.407 e. The summed E-state index contributed by atoms with van der Waals surface area (Å²) in [5, 5.41) is 2.51. The molecule has 0 aliphatic carbocycles. The monoisotopic (exact) mass is 189 g/mol. The summed E-state index contributed by atoms with van der Waals surface area (Å²) in [6.45, 7) is 3.96. The van der Waals surface area contributed by atoms with Crippen LogP contribution in [0.25, 0.3) is 0 Å². The number of carbonyl (C=O) groups excluding carboxylic acids is 2. The van der Waals surface area contributed by atoms with E-state index in [1.165, 1.54) is 0 Å². The van der Waals surface area contributed by atoms with Crippen LogP contribution in [0.3, 0.4) is 0 Å². The van der Waals surface area contributed by atoms with Crippen molar-refractivity contribution in [3.8, 4) is 0 Å². The summed E-state index contributed by atoms with van der Waals surface area (Å²) in [7, 11) is 0. The Morgan fingerprint density at radius 3 is 3.00 bits per heavy atom. The van der Waals surface area contributed by atoms with Gasteiger partial charge in [0.25, 0.3) is 0 Å². The maximum atomic E-state index is 11.0. The summed E-state index contributed by atoms with van der Waals surface area (Å²) in [5.74, 6) is -0.404. The highest BCUT2D eigenvalue weighted by atomic mass is 16.6. The average Bonchev–Trinajstić information content (AvgIpc) is 2.47. The number of rotatable bonds is 3. The summed E-state index contributed by atoms with van der Waals surface area (Å²) in [5.41, 5.74) is 0. The SMILES string of the molecule is CC(C)C(=O)OCC1COC(=O)N1.[HH]. The normalized spacial score (nSPS) is 21.2. The Labute approximate surface area is 77.9 Å². The van der Waals surface area contributed by atoms with Crippen LogP contribution in [-0.4, -0.2) is 31.3 Å². The molecule has 1 unspecified atom stereocenters. The zero-order valence-corrected chi connectivity index (χ0v) is 7.70. The Morgan fingerprint density at radius 1 is 1.85 bits per heavy atom. The van der Waals surface area contributed by atoms with Crippen molar-refractivity contribution >= 4 is 12.1 Å². The second-order valence-corrected chi connectivity index (χ2v) is 3.22. The second kappa shape index (κ2) is 4.11. The van der Waals surface area contributed by atoms with E-state index in [2.05, 4.69) is 10.1 Å². The predicted octanol–water partition coefficient (Wildman–Crippen LogP) is 0.540. The highest BCUT2D eigenvalue weighted by Crippen LogP contribution is 2.01. The molecule has 0 aromatic carbocycles. The molecule has 1 aliphatic rings. The number of esters is 1. The zero-order valence-electron chi connectivity index (χ0n) is 7.70. The van der Waals surface area contributed by atoms with Gasteiger partial charge in [-0.15, -0.1) is 0 Å². The number of hydrogen-bond acceptors (Lipinski definition) is 4. The molecule has 13 heavy (non-hydrogen) atoms. The lowest BCUT2D eigenvalue weighted by Gasteiger charge is -2.09. The van der Waals surface area contributed by atoms with Gasteiger partial charge in [0.15, 0.2) is 0 Å². The highest BCUT2D eigenvalue weighted by molar-refractivity contribution is 5.72. The lowest BCUT2D eigenvalue weighted by Crippen LogP contribution is -2.32. The van der Waals surface area contributed by atoms with E-state index in [1.807, 2.05) is 0 Å². The zero-order chi connectivity index (χ0) is 9.84. The van der Waals surface area contributed by atoms with Gasteiger partial charge in [-0.25, -0.2) is 4.79 Å². The Hall–Kier alpha value is -1.26. The van der Waals surface area contributed by atoms with Crippen LogP contribution < -0.4 is 5.32 Å². The van der Waals surface area contributed by atoms with Crippen molar-refractivity contribution in [1.29, 1.82) is 0 Å². The van der Waals surface area contributed by atoms with Crippen molar-refractivity contribution in [2.75, 3.05) is 13.2 Å². The Balaban J connectivity index is 0.00000169. The quantitative estimate of drug-likeness (QED) is 0.658. The largest absolute Gasteiger partial charge is 0.463 e. The van der Waals surface area contributed by atoms with E-state index in [9.17, 15) is 9.59 Å². The maximum absolute atomic E-state index is 11.0. The van der Waals surface area contributed by atoms with Crippen molar-refractivity contribution in [2.45, 2.75) is 19.9 Å². The molecule has 0 aromatic heterocycles. The molecule has 1 fully saturated rings. The Bertz CT molecular complexity index is 219. The first-order valence-electron chi connectivity index (χ1n) is 4.19. The number of carbonyl (C=O) groups is 2. The van der Waals surface area contributed by atoms with Gasteiger partial charge in [-0.3, -0.25) is 4.79 Å². The third-order valence-electron chi connectivity index (χ3n) is 1.64. The summed E-state index contributed by atoms with van der Waals surface area (Å²) in [6, 6.07) is -0.199. The van der Waals surface area contributed by atoms with E-state index >= 15 is 0 Å². The Kier molecular flexibility index (Phi) is 3.11. The first kappa shape index (κ1) is 9.83.